The summed E-state index contributed by atoms with van der Waals surface area (Å²) >= 11 is 1.81. The maximum absolute atomic E-state index is 11.8. The van der Waals surface area contributed by atoms with Crippen LogP contribution in [-0.4, -0.2) is 43.5 Å². The standard InChI is InChI=1S/C17H26N4OS/c1-3-18-17(19-10-12-23-2)20-13-14-6-8-15(9-7-14)21-11-4-5-16(21)22/h6-9H,3-5,10-13H2,1-2H3,(H2,18,19,20). The van der Waals surface area contributed by atoms with Crippen molar-refractivity contribution in [3.05, 3.63) is 29.8 Å². The van der Waals surface area contributed by atoms with Gasteiger partial charge >= 0.3 is 0 Å². The van der Waals surface area contributed by atoms with Crippen LogP contribution < -0.4 is 15.5 Å². The lowest BCUT2D eigenvalue weighted by molar-refractivity contribution is -0.117. The number of aliphatic imine (C=N–C) groups is 1. The van der Waals surface area contributed by atoms with Crippen molar-refractivity contribution in [1.29, 1.82) is 0 Å². The molecule has 23 heavy (non-hydrogen) atoms. The molecule has 1 aromatic rings. The molecule has 126 valence electrons. The Bertz CT molecular complexity index is 530. The lowest BCUT2D eigenvalue weighted by Crippen LogP contribution is -2.38. The number of hydrogen-bond acceptors (Lipinski definition) is 3. The zero-order valence-corrected chi connectivity index (χ0v) is 14.8. The van der Waals surface area contributed by atoms with Gasteiger partial charge in [-0.2, -0.15) is 11.8 Å². The molecule has 1 heterocycles. The number of carbonyl (C=O) groups is 1. The van der Waals surface area contributed by atoms with Gasteiger partial charge in [-0.3, -0.25) is 4.79 Å². The normalized spacial score (nSPS) is 15.1. The molecule has 1 amide bonds. The zero-order valence-electron chi connectivity index (χ0n) is 14.0. The molecule has 0 atom stereocenters. The molecule has 1 aliphatic heterocycles. The number of amides is 1. The summed E-state index contributed by atoms with van der Waals surface area (Å²) in [5, 5.41) is 6.57. The highest BCUT2D eigenvalue weighted by Gasteiger charge is 2.21. The zero-order chi connectivity index (χ0) is 16.5. The van der Waals surface area contributed by atoms with Crippen LogP contribution >= 0.6 is 11.8 Å². The Kier molecular flexibility index (Phi) is 7.26. The topological polar surface area (TPSA) is 56.7 Å². The molecule has 0 radical (unpaired) electrons. The molecular weight excluding hydrogens is 308 g/mol. The first-order valence-corrected chi connectivity index (χ1v) is 9.54. The molecule has 5 nitrogen and oxygen atoms in total. The van der Waals surface area contributed by atoms with Crippen molar-refractivity contribution < 1.29 is 4.79 Å². The van der Waals surface area contributed by atoms with E-state index in [1.807, 2.05) is 28.8 Å². The Morgan fingerprint density at radius 2 is 2.09 bits per heavy atom. The molecule has 1 aliphatic rings. The first-order valence-electron chi connectivity index (χ1n) is 8.15. The fourth-order valence-corrected chi connectivity index (χ4v) is 2.79. The van der Waals surface area contributed by atoms with Gasteiger partial charge < -0.3 is 15.5 Å². The minimum Gasteiger partial charge on any atom is -0.357 e. The number of benzene rings is 1. The number of hydrogen-bond donors (Lipinski definition) is 2. The largest absolute Gasteiger partial charge is 0.357 e. The Morgan fingerprint density at radius 3 is 2.70 bits per heavy atom. The highest BCUT2D eigenvalue weighted by atomic mass is 32.2. The number of guanidine groups is 1. The van der Waals surface area contributed by atoms with Crippen LogP contribution in [-0.2, 0) is 11.3 Å². The van der Waals surface area contributed by atoms with Crippen LogP contribution in [0.25, 0.3) is 0 Å². The first kappa shape index (κ1) is 17.7. The molecule has 2 N–H and O–H groups in total. The van der Waals surface area contributed by atoms with Gasteiger partial charge in [0.25, 0.3) is 0 Å². The molecule has 2 rings (SSSR count). The summed E-state index contributed by atoms with van der Waals surface area (Å²) < 4.78 is 0. The lowest BCUT2D eigenvalue weighted by atomic mass is 10.2. The summed E-state index contributed by atoms with van der Waals surface area (Å²) in [6.07, 6.45) is 3.72. The summed E-state index contributed by atoms with van der Waals surface area (Å²) in [5.74, 6) is 2.13. The molecule has 6 heteroatoms. The van der Waals surface area contributed by atoms with Gasteiger partial charge in [0.15, 0.2) is 5.96 Å². The predicted molar refractivity (Wildman–Crippen MR) is 99.2 cm³/mol. The number of thioether (sulfide) groups is 1. The number of rotatable bonds is 7. The minimum atomic E-state index is 0.225. The molecule has 0 spiro atoms. The summed E-state index contributed by atoms with van der Waals surface area (Å²) in [6.45, 7) is 5.28. The first-order chi connectivity index (χ1) is 11.2. The molecule has 1 aromatic carbocycles. The average molecular weight is 334 g/mol. The third-order valence-electron chi connectivity index (χ3n) is 3.68. The Balaban J connectivity index is 1.93. The van der Waals surface area contributed by atoms with Crippen LogP contribution in [0.15, 0.2) is 29.3 Å². The van der Waals surface area contributed by atoms with Gasteiger partial charge in [-0.05, 0) is 37.3 Å². The van der Waals surface area contributed by atoms with Crippen molar-refractivity contribution in [2.24, 2.45) is 4.99 Å². The van der Waals surface area contributed by atoms with Crippen LogP contribution in [0.3, 0.4) is 0 Å². The fraction of sp³-hybridized carbons (Fsp3) is 0.529. The molecule has 0 bridgehead atoms. The van der Waals surface area contributed by atoms with Crippen molar-refractivity contribution in [2.75, 3.05) is 36.5 Å². The average Bonchev–Trinajstić information content (AvgIpc) is 2.99. The van der Waals surface area contributed by atoms with Crippen molar-refractivity contribution in [3.63, 3.8) is 0 Å². The van der Waals surface area contributed by atoms with E-state index in [1.54, 1.807) is 0 Å². The van der Waals surface area contributed by atoms with Crippen LogP contribution in [0.1, 0.15) is 25.3 Å². The van der Waals surface area contributed by atoms with E-state index in [-0.39, 0.29) is 5.91 Å². The SMILES string of the molecule is CCNC(=NCc1ccc(N2CCCC2=O)cc1)NCCSC. The van der Waals surface area contributed by atoms with E-state index in [0.29, 0.717) is 13.0 Å². The minimum absolute atomic E-state index is 0.225. The second-order valence-corrected chi connectivity index (χ2v) is 6.42. The second-order valence-electron chi connectivity index (χ2n) is 5.43. The van der Waals surface area contributed by atoms with Crippen molar-refractivity contribution in [2.45, 2.75) is 26.3 Å². The van der Waals surface area contributed by atoms with Gasteiger partial charge in [-0.25, -0.2) is 4.99 Å². The monoisotopic (exact) mass is 334 g/mol. The molecule has 1 fully saturated rings. The summed E-state index contributed by atoms with van der Waals surface area (Å²) in [7, 11) is 0. The van der Waals surface area contributed by atoms with E-state index >= 15 is 0 Å². The van der Waals surface area contributed by atoms with Gasteiger partial charge in [-0.15, -0.1) is 0 Å². The Morgan fingerprint density at radius 1 is 1.30 bits per heavy atom. The van der Waals surface area contributed by atoms with Crippen LogP contribution in [0.2, 0.25) is 0 Å². The Labute approximate surface area is 142 Å². The summed E-state index contributed by atoms with van der Waals surface area (Å²) in [5.41, 5.74) is 2.13. The third kappa shape index (κ3) is 5.46. The summed E-state index contributed by atoms with van der Waals surface area (Å²) in [6, 6.07) is 8.14. The molecule has 0 unspecified atom stereocenters. The highest BCUT2D eigenvalue weighted by molar-refractivity contribution is 7.98. The van der Waals surface area contributed by atoms with E-state index in [4.69, 9.17) is 0 Å². The van der Waals surface area contributed by atoms with Crippen molar-refractivity contribution in [3.8, 4) is 0 Å². The summed E-state index contributed by atoms with van der Waals surface area (Å²) in [4.78, 5) is 18.2. The highest BCUT2D eigenvalue weighted by Crippen LogP contribution is 2.21. The van der Waals surface area contributed by atoms with E-state index in [1.165, 1.54) is 0 Å². The molecule has 0 aliphatic carbocycles. The van der Waals surface area contributed by atoms with Crippen LogP contribution in [0.4, 0.5) is 5.69 Å². The quantitative estimate of drug-likeness (QED) is 0.456. The van der Waals surface area contributed by atoms with Gasteiger partial charge in [-0.1, -0.05) is 12.1 Å². The van der Waals surface area contributed by atoms with E-state index < -0.39 is 0 Å². The van der Waals surface area contributed by atoms with Gasteiger partial charge in [0.1, 0.15) is 0 Å². The predicted octanol–water partition coefficient (Wildman–Crippen LogP) is 2.23. The van der Waals surface area contributed by atoms with Crippen LogP contribution in [0, 0.1) is 0 Å². The van der Waals surface area contributed by atoms with Gasteiger partial charge in [0.05, 0.1) is 6.54 Å². The Hall–Kier alpha value is -1.69. The van der Waals surface area contributed by atoms with Gasteiger partial charge in [0.2, 0.25) is 5.91 Å². The lowest BCUT2D eigenvalue weighted by Gasteiger charge is -2.15. The van der Waals surface area contributed by atoms with Crippen LogP contribution in [0.5, 0.6) is 0 Å². The molecular formula is C17H26N4OS. The van der Waals surface area contributed by atoms with E-state index in [2.05, 4.69) is 40.9 Å². The van der Waals surface area contributed by atoms with Crippen molar-refractivity contribution >= 4 is 29.3 Å². The van der Waals surface area contributed by atoms with E-state index in [0.717, 1.165) is 49.0 Å². The maximum atomic E-state index is 11.8. The number of carbonyl (C=O) groups excluding carboxylic acids is 1. The smallest absolute Gasteiger partial charge is 0.227 e. The molecule has 0 saturated carbocycles. The van der Waals surface area contributed by atoms with Gasteiger partial charge in [0, 0.05) is 37.5 Å². The van der Waals surface area contributed by atoms with Crippen molar-refractivity contribution in [1.82, 2.24) is 10.6 Å². The second kappa shape index (κ2) is 9.45. The fourth-order valence-electron chi connectivity index (χ4n) is 2.49. The molecule has 1 saturated heterocycles. The number of nitrogens with zero attached hydrogens (tertiary/aromatic N) is 2. The molecule has 0 aromatic heterocycles. The number of anilines is 1. The van der Waals surface area contributed by atoms with E-state index in [9.17, 15) is 4.79 Å². The third-order valence-corrected chi connectivity index (χ3v) is 4.30. The number of nitrogens with one attached hydrogen (secondary N) is 2. The maximum Gasteiger partial charge on any atom is 0.227 e.